The second kappa shape index (κ2) is 6.55. The fraction of sp³-hybridized carbons (Fsp3) is 0.214. The molecule has 0 aliphatic heterocycles. The van der Waals surface area contributed by atoms with Crippen molar-refractivity contribution in [1.29, 1.82) is 0 Å². The summed E-state index contributed by atoms with van der Waals surface area (Å²) in [6, 6.07) is 6.90. The Morgan fingerprint density at radius 2 is 1.83 bits per heavy atom. The van der Waals surface area contributed by atoms with Crippen molar-refractivity contribution in [2.45, 2.75) is 24.2 Å². The van der Waals surface area contributed by atoms with Crippen molar-refractivity contribution in [3.8, 4) is 5.75 Å². The Balaban J connectivity index is 2.21. The molecular formula is C14H13F3N2O3S. The van der Waals surface area contributed by atoms with E-state index in [-0.39, 0.29) is 4.90 Å². The summed E-state index contributed by atoms with van der Waals surface area (Å²) in [7, 11) is -4.00. The van der Waals surface area contributed by atoms with Crippen molar-refractivity contribution >= 4 is 10.0 Å². The van der Waals surface area contributed by atoms with E-state index in [2.05, 4.69) is 14.4 Å². The van der Waals surface area contributed by atoms with Crippen LogP contribution >= 0.6 is 0 Å². The molecule has 0 fully saturated rings. The number of sulfonamides is 1. The maximum absolute atomic E-state index is 12.3. The van der Waals surface area contributed by atoms with Crippen LogP contribution < -0.4 is 9.46 Å². The van der Waals surface area contributed by atoms with E-state index in [9.17, 15) is 21.6 Å². The molecule has 1 heterocycles. The SMILES string of the molecule is C[C@@H](NS(=O)(=O)c1cccc(OC(F)(F)F)c1)c1ccncc1. The first kappa shape index (κ1) is 17.2. The first-order valence-corrected chi connectivity index (χ1v) is 7.94. The van der Waals surface area contributed by atoms with Crippen molar-refractivity contribution in [2.24, 2.45) is 0 Å². The highest BCUT2D eigenvalue weighted by Gasteiger charge is 2.31. The van der Waals surface area contributed by atoms with Gasteiger partial charge in [0.25, 0.3) is 0 Å². The van der Waals surface area contributed by atoms with Crippen LogP contribution in [-0.2, 0) is 10.0 Å². The number of rotatable bonds is 5. The van der Waals surface area contributed by atoms with Crippen LogP contribution in [0.5, 0.6) is 5.75 Å². The number of pyridine rings is 1. The van der Waals surface area contributed by atoms with Gasteiger partial charge in [-0.2, -0.15) is 0 Å². The molecule has 2 rings (SSSR count). The first-order valence-electron chi connectivity index (χ1n) is 6.45. The summed E-state index contributed by atoms with van der Waals surface area (Å²) < 4.78 is 67.3. The third kappa shape index (κ3) is 4.93. The number of ether oxygens (including phenoxy) is 1. The molecule has 5 nitrogen and oxygen atoms in total. The highest BCUT2D eigenvalue weighted by atomic mass is 32.2. The van der Waals surface area contributed by atoms with E-state index in [0.717, 1.165) is 12.1 Å². The number of benzene rings is 1. The third-order valence-corrected chi connectivity index (χ3v) is 4.43. The molecule has 2 aromatic rings. The third-order valence-electron chi connectivity index (χ3n) is 2.89. The van der Waals surface area contributed by atoms with Gasteiger partial charge in [-0.15, -0.1) is 13.2 Å². The van der Waals surface area contributed by atoms with Crippen LogP contribution in [0.25, 0.3) is 0 Å². The number of alkyl halides is 3. The van der Waals surface area contributed by atoms with E-state index in [1.54, 1.807) is 19.1 Å². The lowest BCUT2D eigenvalue weighted by atomic mass is 10.1. The largest absolute Gasteiger partial charge is 0.573 e. The van der Waals surface area contributed by atoms with Gasteiger partial charge in [-0.05, 0) is 36.8 Å². The molecule has 1 atom stereocenters. The lowest BCUT2D eigenvalue weighted by Gasteiger charge is -2.15. The predicted octanol–water partition coefficient (Wildman–Crippen LogP) is 3.02. The van der Waals surface area contributed by atoms with E-state index in [1.165, 1.54) is 24.5 Å². The van der Waals surface area contributed by atoms with Gasteiger partial charge in [0, 0.05) is 24.5 Å². The van der Waals surface area contributed by atoms with E-state index in [4.69, 9.17) is 0 Å². The molecule has 124 valence electrons. The minimum atomic E-state index is -4.89. The number of nitrogens with one attached hydrogen (secondary N) is 1. The summed E-state index contributed by atoms with van der Waals surface area (Å²) in [5, 5.41) is 0. The maximum Gasteiger partial charge on any atom is 0.573 e. The standard InChI is InChI=1S/C14H13F3N2O3S/c1-10(11-5-7-18-8-6-11)19-23(20,21)13-4-2-3-12(9-13)22-14(15,16)17/h2-10,19H,1H3/t10-/m1/s1. The number of nitrogens with zero attached hydrogens (tertiary/aromatic N) is 1. The molecule has 0 unspecified atom stereocenters. The summed E-state index contributed by atoms with van der Waals surface area (Å²) in [6.07, 6.45) is -1.87. The van der Waals surface area contributed by atoms with Gasteiger partial charge in [-0.25, -0.2) is 13.1 Å². The van der Waals surface area contributed by atoms with Gasteiger partial charge >= 0.3 is 6.36 Å². The number of halogens is 3. The van der Waals surface area contributed by atoms with E-state index < -0.39 is 28.2 Å². The second-order valence-electron chi connectivity index (χ2n) is 4.65. The summed E-state index contributed by atoms with van der Waals surface area (Å²) in [5.41, 5.74) is 0.672. The number of hydrogen-bond donors (Lipinski definition) is 1. The molecule has 0 radical (unpaired) electrons. The smallest absolute Gasteiger partial charge is 0.406 e. The highest BCUT2D eigenvalue weighted by Crippen LogP contribution is 2.25. The monoisotopic (exact) mass is 346 g/mol. The van der Waals surface area contributed by atoms with E-state index in [0.29, 0.717) is 5.56 Å². The Kier molecular flexibility index (Phi) is 4.90. The van der Waals surface area contributed by atoms with Gasteiger partial charge in [-0.3, -0.25) is 4.98 Å². The molecule has 1 aromatic heterocycles. The van der Waals surface area contributed by atoms with Gasteiger partial charge in [0.2, 0.25) is 10.0 Å². The van der Waals surface area contributed by atoms with Crippen molar-refractivity contribution in [3.05, 3.63) is 54.4 Å². The molecule has 0 saturated heterocycles. The minimum Gasteiger partial charge on any atom is -0.406 e. The zero-order valence-corrected chi connectivity index (χ0v) is 12.7. The zero-order valence-electron chi connectivity index (χ0n) is 11.9. The molecule has 1 N–H and O–H groups in total. The van der Waals surface area contributed by atoms with Gasteiger partial charge in [0.05, 0.1) is 4.90 Å². The van der Waals surface area contributed by atoms with Crippen LogP contribution in [0, 0.1) is 0 Å². The average molecular weight is 346 g/mol. The Hall–Kier alpha value is -2.13. The fourth-order valence-corrected chi connectivity index (χ4v) is 3.13. The van der Waals surface area contributed by atoms with Crippen molar-refractivity contribution in [1.82, 2.24) is 9.71 Å². The normalized spacial score (nSPS) is 13.6. The Morgan fingerprint density at radius 3 is 2.43 bits per heavy atom. The van der Waals surface area contributed by atoms with Crippen LogP contribution in [-0.4, -0.2) is 19.8 Å². The Bertz CT molecular complexity index is 764. The summed E-state index contributed by atoms with van der Waals surface area (Å²) >= 11 is 0. The minimum absolute atomic E-state index is 0.319. The van der Waals surface area contributed by atoms with Crippen LogP contribution in [0.15, 0.2) is 53.7 Å². The average Bonchev–Trinajstić information content (AvgIpc) is 2.46. The molecule has 0 spiro atoms. The molecule has 1 aromatic carbocycles. The van der Waals surface area contributed by atoms with Crippen LogP contribution in [0.1, 0.15) is 18.5 Å². The highest BCUT2D eigenvalue weighted by molar-refractivity contribution is 7.89. The Morgan fingerprint density at radius 1 is 1.17 bits per heavy atom. The fourth-order valence-electron chi connectivity index (χ4n) is 1.86. The lowest BCUT2D eigenvalue weighted by Crippen LogP contribution is -2.27. The van der Waals surface area contributed by atoms with Crippen molar-refractivity contribution in [2.75, 3.05) is 0 Å². The van der Waals surface area contributed by atoms with Crippen LogP contribution in [0.2, 0.25) is 0 Å². The number of aromatic nitrogens is 1. The van der Waals surface area contributed by atoms with Crippen LogP contribution in [0.4, 0.5) is 13.2 Å². The molecular weight excluding hydrogens is 333 g/mol. The molecule has 0 saturated carbocycles. The lowest BCUT2D eigenvalue weighted by molar-refractivity contribution is -0.274. The molecule has 9 heteroatoms. The molecule has 0 amide bonds. The molecule has 0 aliphatic rings. The predicted molar refractivity (Wildman–Crippen MR) is 76.1 cm³/mol. The molecule has 0 bridgehead atoms. The van der Waals surface area contributed by atoms with Crippen LogP contribution in [0.3, 0.4) is 0 Å². The van der Waals surface area contributed by atoms with Crippen molar-refractivity contribution in [3.63, 3.8) is 0 Å². The van der Waals surface area contributed by atoms with Gasteiger partial charge in [0.1, 0.15) is 5.75 Å². The summed E-state index contributed by atoms with van der Waals surface area (Å²) in [5.74, 6) is -0.600. The second-order valence-corrected chi connectivity index (χ2v) is 6.36. The maximum atomic E-state index is 12.3. The quantitative estimate of drug-likeness (QED) is 0.904. The van der Waals surface area contributed by atoms with E-state index in [1.807, 2.05) is 0 Å². The van der Waals surface area contributed by atoms with Gasteiger partial charge in [0.15, 0.2) is 0 Å². The van der Waals surface area contributed by atoms with Gasteiger partial charge < -0.3 is 4.74 Å². The van der Waals surface area contributed by atoms with E-state index >= 15 is 0 Å². The molecule has 0 aliphatic carbocycles. The van der Waals surface area contributed by atoms with Gasteiger partial charge in [-0.1, -0.05) is 6.07 Å². The molecule has 23 heavy (non-hydrogen) atoms. The Labute approximate surface area is 131 Å². The summed E-state index contributed by atoms with van der Waals surface area (Å²) in [4.78, 5) is 3.51. The summed E-state index contributed by atoms with van der Waals surface area (Å²) in [6.45, 7) is 1.61. The first-order chi connectivity index (χ1) is 10.7. The zero-order chi connectivity index (χ0) is 17.1. The topological polar surface area (TPSA) is 68.3 Å². The number of hydrogen-bond acceptors (Lipinski definition) is 4. The van der Waals surface area contributed by atoms with Crippen molar-refractivity contribution < 1.29 is 26.3 Å².